The first-order valence-electron chi connectivity index (χ1n) is 13.4. The number of carbonyl (C=O) groups excluding carboxylic acids is 1. The summed E-state index contributed by atoms with van der Waals surface area (Å²) in [5.74, 6) is 2.28. The Hall–Kier alpha value is -3.88. The Kier molecular flexibility index (Phi) is 7.35. The second-order valence-corrected chi connectivity index (χ2v) is 10.9. The van der Waals surface area contributed by atoms with Crippen molar-refractivity contribution < 1.29 is 9.53 Å². The van der Waals surface area contributed by atoms with Crippen LogP contribution < -0.4 is 0 Å². The van der Waals surface area contributed by atoms with Gasteiger partial charge in [-0.3, -0.25) is 4.79 Å². The fourth-order valence-corrected chi connectivity index (χ4v) is 5.26. The van der Waals surface area contributed by atoms with Crippen molar-refractivity contribution in [2.75, 3.05) is 0 Å². The largest absolute Gasteiger partial charge is 0.460 e. The molecule has 0 fully saturated rings. The van der Waals surface area contributed by atoms with E-state index in [4.69, 9.17) is 4.74 Å². The Bertz CT molecular complexity index is 1370. The summed E-state index contributed by atoms with van der Waals surface area (Å²) in [6, 6.07) is 16.9. The van der Waals surface area contributed by atoms with Crippen LogP contribution in [0, 0.1) is 0 Å². The van der Waals surface area contributed by atoms with Crippen molar-refractivity contribution in [3.8, 4) is 22.5 Å². The van der Waals surface area contributed by atoms with Crippen LogP contribution in [0.1, 0.15) is 89.0 Å². The molecule has 0 aliphatic carbocycles. The Morgan fingerprint density at radius 2 is 1.79 bits per heavy atom. The Balaban J connectivity index is 1.44. The van der Waals surface area contributed by atoms with Gasteiger partial charge >= 0.3 is 5.97 Å². The number of hydrogen-bond donors (Lipinski definition) is 1. The average Bonchev–Trinajstić information content (AvgIpc) is 3.58. The van der Waals surface area contributed by atoms with Crippen molar-refractivity contribution >= 4 is 5.97 Å². The fraction of sp³-hybridized carbons (Fsp3) is 0.448. The highest BCUT2D eigenvalue weighted by atomic mass is 16.6. The van der Waals surface area contributed by atoms with Crippen LogP contribution >= 0.6 is 0 Å². The minimum atomic E-state index is -0.502. The first-order chi connectivity index (χ1) is 18.3. The van der Waals surface area contributed by atoms with Gasteiger partial charge in [0, 0.05) is 17.9 Å². The predicted molar refractivity (Wildman–Crippen MR) is 144 cm³/mol. The standard InChI is InChI=1S/C29H35N7O2/c1-5-6-11-25-30-33-28-21(18-26(37)38-29(2,3)4)16-17-24(36(25)28)20-14-12-19(13-15-20)22-9-7-8-10-23(22)27-31-34-35-32-27/h7-10,12-15,21,24H,5-6,11,16-18H2,1-4H3,(H,31,32,34,35)/t21-,24+/m0/s1. The van der Waals surface area contributed by atoms with Gasteiger partial charge in [0.15, 0.2) is 0 Å². The number of carbonyl (C=O) groups is 1. The Morgan fingerprint density at radius 1 is 1.03 bits per heavy atom. The number of aromatic nitrogens is 7. The maximum atomic E-state index is 12.7. The van der Waals surface area contributed by atoms with E-state index in [-0.39, 0.29) is 17.9 Å². The molecule has 0 saturated heterocycles. The zero-order chi connectivity index (χ0) is 26.7. The molecule has 2 atom stereocenters. The fourth-order valence-electron chi connectivity index (χ4n) is 5.26. The van der Waals surface area contributed by atoms with Crippen LogP contribution in [-0.4, -0.2) is 47.0 Å². The summed E-state index contributed by atoms with van der Waals surface area (Å²) < 4.78 is 7.91. The Labute approximate surface area is 223 Å². The van der Waals surface area contributed by atoms with Crippen molar-refractivity contribution in [1.29, 1.82) is 0 Å². The molecular formula is C29H35N7O2. The highest BCUT2D eigenvalue weighted by Gasteiger charge is 2.34. The van der Waals surface area contributed by atoms with E-state index in [1.165, 1.54) is 5.56 Å². The van der Waals surface area contributed by atoms with Crippen molar-refractivity contribution in [3.05, 3.63) is 65.7 Å². The molecule has 5 rings (SSSR count). The zero-order valence-electron chi connectivity index (χ0n) is 22.5. The lowest BCUT2D eigenvalue weighted by Crippen LogP contribution is -2.28. The van der Waals surface area contributed by atoms with E-state index in [9.17, 15) is 4.79 Å². The molecule has 3 heterocycles. The lowest BCUT2D eigenvalue weighted by Gasteiger charge is -2.32. The molecule has 0 spiro atoms. The Morgan fingerprint density at radius 3 is 2.47 bits per heavy atom. The lowest BCUT2D eigenvalue weighted by molar-refractivity contribution is -0.155. The molecule has 0 amide bonds. The summed E-state index contributed by atoms with van der Waals surface area (Å²) in [6.07, 6.45) is 5.10. The van der Waals surface area contributed by atoms with E-state index in [0.29, 0.717) is 12.2 Å². The minimum absolute atomic E-state index is 0.00471. The molecule has 1 aliphatic heterocycles. The van der Waals surface area contributed by atoms with Crippen LogP contribution in [0.4, 0.5) is 0 Å². The molecule has 2 aromatic heterocycles. The molecule has 1 aliphatic rings. The van der Waals surface area contributed by atoms with Gasteiger partial charge in [-0.1, -0.05) is 61.9 Å². The normalized spacial score (nSPS) is 17.3. The SMILES string of the molecule is CCCCc1nnc2n1[C@@H](c1ccc(-c3ccccc3-c3nn[nH]n3)cc1)CC[C@H]2CC(=O)OC(C)(C)C. The molecule has 9 nitrogen and oxygen atoms in total. The number of esters is 1. The summed E-state index contributed by atoms with van der Waals surface area (Å²) in [5.41, 5.74) is 3.77. The number of fused-ring (bicyclic) bond motifs is 1. The number of aromatic amines is 1. The van der Waals surface area contributed by atoms with Crippen LogP contribution in [-0.2, 0) is 16.0 Å². The average molecular weight is 514 g/mol. The van der Waals surface area contributed by atoms with Gasteiger partial charge in [-0.25, -0.2) is 0 Å². The van der Waals surface area contributed by atoms with Gasteiger partial charge in [0.2, 0.25) is 5.82 Å². The molecule has 38 heavy (non-hydrogen) atoms. The first kappa shape index (κ1) is 25.8. The van der Waals surface area contributed by atoms with Crippen molar-refractivity contribution in [1.82, 2.24) is 35.4 Å². The van der Waals surface area contributed by atoms with Gasteiger partial charge in [-0.2, -0.15) is 5.21 Å². The molecular weight excluding hydrogens is 478 g/mol. The van der Waals surface area contributed by atoms with Crippen LogP contribution in [0.2, 0.25) is 0 Å². The monoisotopic (exact) mass is 513 g/mol. The van der Waals surface area contributed by atoms with E-state index in [1.54, 1.807) is 0 Å². The number of benzene rings is 2. The summed E-state index contributed by atoms with van der Waals surface area (Å²) in [6.45, 7) is 7.88. The van der Waals surface area contributed by atoms with E-state index < -0.39 is 5.60 Å². The quantitative estimate of drug-likeness (QED) is 0.302. The van der Waals surface area contributed by atoms with E-state index >= 15 is 0 Å². The van der Waals surface area contributed by atoms with Gasteiger partial charge in [0.25, 0.3) is 0 Å². The molecule has 198 valence electrons. The first-order valence-corrected chi connectivity index (χ1v) is 13.4. The maximum Gasteiger partial charge on any atom is 0.307 e. The highest BCUT2D eigenvalue weighted by Crippen LogP contribution is 2.40. The lowest BCUT2D eigenvalue weighted by atomic mass is 9.87. The topological polar surface area (TPSA) is 111 Å². The smallest absolute Gasteiger partial charge is 0.307 e. The van der Waals surface area contributed by atoms with Gasteiger partial charge < -0.3 is 9.30 Å². The van der Waals surface area contributed by atoms with Crippen molar-refractivity contribution in [2.24, 2.45) is 0 Å². The van der Waals surface area contributed by atoms with Crippen LogP contribution in [0.3, 0.4) is 0 Å². The highest BCUT2D eigenvalue weighted by molar-refractivity contribution is 5.80. The third-order valence-electron chi connectivity index (χ3n) is 6.96. The number of nitrogens with zero attached hydrogens (tertiary/aromatic N) is 6. The number of ether oxygens (including phenoxy) is 1. The minimum Gasteiger partial charge on any atom is -0.460 e. The molecule has 9 heteroatoms. The predicted octanol–water partition coefficient (Wildman–Crippen LogP) is 5.67. The number of aryl methyl sites for hydroxylation is 1. The third kappa shape index (κ3) is 5.51. The van der Waals surface area contributed by atoms with Crippen molar-refractivity contribution in [3.63, 3.8) is 0 Å². The number of H-pyrrole nitrogens is 1. The number of rotatable bonds is 8. The number of hydrogen-bond acceptors (Lipinski definition) is 7. The molecule has 0 radical (unpaired) electrons. The number of unbranched alkanes of at least 4 members (excludes halogenated alkanes) is 1. The molecule has 0 bridgehead atoms. The summed E-state index contributed by atoms with van der Waals surface area (Å²) in [5, 5.41) is 23.8. The second-order valence-electron chi connectivity index (χ2n) is 10.9. The molecule has 4 aromatic rings. The van der Waals surface area contributed by atoms with Crippen LogP contribution in [0.25, 0.3) is 22.5 Å². The van der Waals surface area contributed by atoms with Gasteiger partial charge in [-0.15, -0.1) is 20.4 Å². The van der Waals surface area contributed by atoms with Gasteiger partial charge in [-0.05, 0) is 61.9 Å². The van der Waals surface area contributed by atoms with Crippen molar-refractivity contribution in [2.45, 2.75) is 83.8 Å². The van der Waals surface area contributed by atoms with Crippen LogP contribution in [0.5, 0.6) is 0 Å². The van der Waals surface area contributed by atoms with E-state index in [2.05, 4.69) is 72.6 Å². The molecule has 2 aromatic carbocycles. The third-order valence-corrected chi connectivity index (χ3v) is 6.96. The number of nitrogens with one attached hydrogen (secondary N) is 1. The van der Waals surface area contributed by atoms with Gasteiger partial charge in [0.1, 0.15) is 17.2 Å². The van der Waals surface area contributed by atoms with Crippen LogP contribution in [0.15, 0.2) is 48.5 Å². The zero-order valence-corrected chi connectivity index (χ0v) is 22.5. The summed E-state index contributed by atoms with van der Waals surface area (Å²) >= 11 is 0. The number of tetrazole rings is 1. The van der Waals surface area contributed by atoms with E-state index in [0.717, 1.165) is 60.4 Å². The summed E-state index contributed by atoms with van der Waals surface area (Å²) in [4.78, 5) is 12.7. The summed E-state index contributed by atoms with van der Waals surface area (Å²) in [7, 11) is 0. The molecule has 0 saturated carbocycles. The second kappa shape index (κ2) is 10.8. The van der Waals surface area contributed by atoms with E-state index in [1.807, 2.05) is 39.0 Å². The molecule has 0 unspecified atom stereocenters. The maximum absolute atomic E-state index is 12.7. The molecule has 1 N–H and O–H groups in total. The van der Waals surface area contributed by atoms with Gasteiger partial charge in [0.05, 0.1) is 12.5 Å².